The summed E-state index contributed by atoms with van der Waals surface area (Å²) >= 11 is 0. The number of rotatable bonds is 7. The van der Waals surface area contributed by atoms with Crippen molar-refractivity contribution in [2.24, 2.45) is 0 Å². The van der Waals surface area contributed by atoms with E-state index >= 15 is 0 Å². The summed E-state index contributed by atoms with van der Waals surface area (Å²) in [5.74, 6) is 2.70. The van der Waals surface area contributed by atoms with Crippen LogP contribution in [0.25, 0.3) is 0 Å². The Bertz CT molecular complexity index is 743. The third kappa shape index (κ3) is 4.84. The van der Waals surface area contributed by atoms with Gasteiger partial charge in [-0.2, -0.15) is 0 Å². The Morgan fingerprint density at radius 2 is 1.85 bits per heavy atom. The summed E-state index contributed by atoms with van der Waals surface area (Å²) < 4.78 is 10.6. The molecule has 0 radical (unpaired) electrons. The minimum atomic E-state index is -0.214. The van der Waals surface area contributed by atoms with Crippen LogP contribution in [0.15, 0.2) is 30.3 Å². The number of carbonyl (C=O) groups excluding carboxylic acids is 1. The highest BCUT2D eigenvalue weighted by molar-refractivity contribution is 5.77. The number of carbonyl (C=O) groups is 1. The highest BCUT2D eigenvalue weighted by Crippen LogP contribution is 2.19. The highest BCUT2D eigenvalue weighted by Gasteiger charge is 2.15. The normalized spacial score (nSPS) is 13.5. The number of nitrogens with zero attached hydrogens (tertiary/aromatic N) is 3. The summed E-state index contributed by atoms with van der Waals surface area (Å²) in [6.45, 7) is 4.22. The van der Waals surface area contributed by atoms with E-state index < -0.39 is 0 Å². The Balaban J connectivity index is 1.50. The van der Waals surface area contributed by atoms with E-state index in [1.54, 1.807) is 31.4 Å². The summed E-state index contributed by atoms with van der Waals surface area (Å²) in [4.78, 5) is 23.2. The van der Waals surface area contributed by atoms with E-state index in [0.29, 0.717) is 11.6 Å². The monoisotopic (exact) mass is 356 g/mol. The lowest BCUT2D eigenvalue weighted by Gasteiger charge is -2.17. The maximum Gasteiger partial charge on any atom is 0.258 e. The largest absolute Gasteiger partial charge is 0.497 e. The lowest BCUT2D eigenvalue weighted by Crippen LogP contribution is -2.29. The molecule has 0 spiro atoms. The molecule has 0 aliphatic carbocycles. The molecule has 2 heterocycles. The van der Waals surface area contributed by atoms with Crippen molar-refractivity contribution in [3.63, 3.8) is 0 Å². The Morgan fingerprint density at radius 1 is 1.15 bits per heavy atom. The molecule has 7 nitrogen and oxygen atoms in total. The summed E-state index contributed by atoms with van der Waals surface area (Å²) in [6, 6.07) is 9.08. The number of anilines is 1. The van der Waals surface area contributed by atoms with Gasteiger partial charge in [0.2, 0.25) is 0 Å². The predicted octanol–water partition coefficient (Wildman–Crippen LogP) is 2.09. The molecular formula is C19H24N4O3. The molecule has 1 aromatic carbocycles. The van der Waals surface area contributed by atoms with Gasteiger partial charge in [-0.05, 0) is 44.0 Å². The fourth-order valence-corrected chi connectivity index (χ4v) is 2.85. The first-order valence-corrected chi connectivity index (χ1v) is 8.77. The third-order valence-electron chi connectivity index (χ3n) is 4.19. The molecule has 1 aliphatic heterocycles. The number of hydrogen-bond donors (Lipinski definition) is 1. The first-order valence-electron chi connectivity index (χ1n) is 8.77. The van der Waals surface area contributed by atoms with Crippen LogP contribution in [0.4, 0.5) is 5.82 Å². The lowest BCUT2D eigenvalue weighted by molar-refractivity contribution is -0.123. The molecule has 1 N–H and O–H groups in total. The van der Waals surface area contributed by atoms with Gasteiger partial charge in [0.1, 0.15) is 23.1 Å². The minimum Gasteiger partial charge on any atom is -0.497 e. The Labute approximate surface area is 153 Å². The predicted molar refractivity (Wildman–Crippen MR) is 98.6 cm³/mol. The van der Waals surface area contributed by atoms with E-state index in [1.807, 2.05) is 13.0 Å². The quantitative estimate of drug-likeness (QED) is 0.819. The number of amides is 1. The maximum absolute atomic E-state index is 12.0. The van der Waals surface area contributed by atoms with Crippen LogP contribution in [0.3, 0.4) is 0 Å². The van der Waals surface area contributed by atoms with Gasteiger partial charge in [0.15, 0.2) is 6.61 Å². The van der Waals surface area contributed by atoms with Crippen molar-refractivity contribution in [3.05, 3.63) is 41.9 Å². The van der Waals surface area contributed by atoms with Gasteiger partial charge in [0, 0.05) is 24.8 Å². The van der Waals surface area contributed by atoms with Gasteiger partial charge < -0.3 is 19.7 Å². The van der Waals surface area contributed by atoms with Gasteiger partial charge in [0.25, 0.3) is 5.91 Å². The molecule has 0 bridgehead atoms. The average Bonchev–Trinajstić information content (AvgIpc) is 3.19. The number of ether oxygens (including phenoxy) is 2. The molecule has 0 unspecified atom stereocenters. The minimum absolute atomic E-state index is 0.0584. The molecule has 1 amide bonds. The fraction of sp³-hybridized carbons (Fsp3) is 0.421. The zero-order valence-corrected chi connectivity index (χ0v) is 15.2. The van der Waals surface area contributed by atoms with Gasteiger partial charge in [-0.1, -0.05) is 0 Å². The van der Waals surface area contributed by atoms with E-state index in [2.05, 4.69) is 20.2 Å². The zero-order chi connectivity index (χ0) is 18.4. The van der Waals surface area contributed by atoms with Gasteiger partial charge in [-0.25, -0.2) is 9.97 Å². The van der Waals surface area contributed by atoms with E-state index in [9.17, 15) is 4.79 Å². The van der Waals surface area contributed by atoms with Gasteiger partial charge in [-0.3, -0.25) is 4.79 Å². The molecule has 3 rings (SSSR count). The van der Waals surface area contributed by atoms with Gasteiger partial charge >= 0.3 is 0 Å². The van der Waals surface area contributed by atoms with E-state index in [4.69, 9.17) is 9.47 Å². The number of hydrogen-bond acceptors (Lipinski definition) is 6. The molecule has 1 aromatic heterocycles. The van der Waals surface area contributed by atoms with Crippen molar-refractivity contribution in [2.45, 2.75) is 26.3 Å². The van der Waals surface area contributed by atoms with Crippen molar-refractivity contribution < 1.29 is 14.3 Å². The first kappa shape index (κ1) is 18.0. The lowest BCUT2D eigenvalue weighted by atomic mass is 10.3. The molecular weight excluding hydrogens is 332 g/mol. The van der Waals surface area contributed by atoms with Crippen LogP contribution in [0, 0.1) is 6.92 Å². The van der Waals surface area contributed by atoms with E-state index in [1.165, 1.54) is 12.8 Å². The van der Waals surface area contributed by atoms with Crippen LogP contribution < -0.4 is 19.7 Å². The molecule has 138 valence electrons. The highest BCUT2D eigenvalue weighted by atomic mass is 16.5. The van der Waals surface area contributed by atoms with Crippen molar-refractivity contribution in [3.8, 4) is 11.5 Å². The summed E-state index contributed by atoms with van der Waals surface area (Å²) in [7, 11) is 1.60. The van der Waals surface area contributed by atoms with Crippen LogP contribution in [-0.2, 0) is 11.3 Å². The van der Waals surface area contributed by atoms with Gasteiger partial charge in [0.05, 0.1) is 13.7 Å². The van der Waals surface area contributed by atoms with E-state index in [-0.39, 0.29) is 19.1 Å². The molecule has 0 atom stereocenters. The molecule has 26 heavy (non-hydrogen) atoms. The maximum atomic E-state index is 12.0. The van der Waals surface area contributed by atoms with Crippen LogP contribution in [0.1, 0.15) is 24.4 Å². The SMILES string of the molecule is COc1ccc(OCC(=O)NCc2nc(C)cc(N3CCCC3)n2)cc1. The Hall–Kier alpha value is -2.83. The third-order valence-corrected chi connectivity index (χ3v) is 4.19. The molecule has 1 aliphatic rings. The first-order chi connectivity index (χ1) is 12.6. The molecule has 2 aromatic rings. The van der Waals surface area contributed by atoms with Gasteiger partial charge in [-0.15, -0.1) is 0 Å². The molecule has 7 heteroatoms. The van der Waals surface area contributed by atoms with E-state index in [0.717, 1.165) is 30.4 Å². The number of nitrogens with one attached hydrogen (secondary N) is 1. The molecule has 0 saturated carbocycles. The summed E-state index contributed by atoms with van der Waals surface area (Å²) in [5.41, 5.74) is 0.903. The summed E-state index contributed by atoms with van der Waals surface area (Å²) in [6.07, 6.45) is 2.38. The van der Waals surface area contributed by atoms with Crippen molar-refractivity contribution in [1.82, 2.24) is 15.3 Å². The standard InChI is InChI=1S/C19H24N4O3/c1-14-11-18(23-9-3-4-10-23)22-17(21-14)12-20-19(24)13-26-16-7-5-15(25-2)6-8-16/h5-8,11H,3-4,9-10,12-13H2,1-2H3,(H,20,24). The number of methoxy groups -OCH3 is 1. The van der Waals surface area contributed by atoms with Crippen molar-refractivity contribution in [1.29, 1.82) is 0 Å². The fourth-order valence-electron chi connectivity index (χ4n) is 2.85. The topological polar surface area (TPSA) is 76.6 Å². The summed E-state index contributed by atoms with van der Waals surface area (Å²) in [5, 5.41) is 2.80. The second-order valence-electron chi connectivity index (χ2n) is 6.22. The smallest absolute Gasteiger partial charge is 0.258 e. The van der Waals surface area contributed by atoms with Crippen molar-refractivity contribution in [2.75, 3.05) is 31.7 Å². The van der Waals surface area contributed by atoms with Crippen LogP contribution in [0.5, 0.6) is 11.5 Å². The molecule has 1 saturated heterocycles. The van der Waals surface area contributed by atoms with Crippen molar-refractivity contribution >= 4 is 11.7 Å². The Kier molecular flexibility index (Phi) is 5.88. The average molecular weight is 356 g/mol. The number of benzene rings is 1. The van der Waals surface area contributed by atoms with Crippen LogP contribution >= 0.6 is 0 Å². The zero-order valence-electron chi connectivity index (χ0n) is 15.2. The second kappa shape index (κ2) is 8.51. The van der Waals surface area contributed by atoms with Crippen LogP contribution in [-0.4, -0.2) is 42.7 Å². The van der Waals surface area contributed by atoms with Crippen LogP contribution in [0.2, 0.25) is 0 Å². The number of aromatic nitrogens is 2. The second-order valence-corrected chi connectivity index (χ2v) is 6.22. The number of aryl methyl sites for hydroxylation is 1. The Morgan fingerprint density at radius 3 is 2.54 bits per heavy atom. The molecule has 1 fully saturated rings.